The van der Waals surface area contributed by atoms with Gasteiger partial charge in [-0.25, -0.2) is 0 Å². The number of nitrogens with zero attached hydrogens (tertiary/aromatic N) is 1. The number of likely N-dealkylation sites (tertiary alicyclic amines) is 1. The fourth-order valence-corrected chi connectivity index (χ4v) is 3.17. The van der Waals surface area contributed by atoms with E-state index in [2.05, 4.69) is 27.8 Å². The molecule has 0 aromatic heterocycles. The normalized spacial score (nSPS) is 17.4. The molecule has 1 aromatic rings. The Bertz CT molecular complexity index is 675. The van der Waals surface area contributed by atoms with Gasteiger partial charge in [0.05, 0.1) is 0 Å². The Morgan fingerprint density at radius 1 is 1.15 bits per heavy atom. The second-order valence-electron chi connectivity index (χ2n) is 6.92. The number of hydrogen-bond acceptors (Lipinski definition) is 4. The molecule has 1 aliphatic heterocycles. The number of amides is 3. The molecule has 3 N–H and O–H groups in total. The predicted molar refractivity (Wildman–Crippen MR) is 102 cm³/mol. The minimum absolute atomic E-state index is 0.193. The van der Waals surface area contributed by atoms with Crippen LogP contribution in [0.1, 0.15) is 32.3 Å². The van der Waals surface area contributed by atoms with Crippen LogP contribution in [0.5, 0.6) is 0 Å². The fraction of sp³-hybridized carbons (Fsp3) is 0.526. The summed E-state index contributed by atoms with van der Waals surface area (Å²) in [4.78, 5) is 37.6. The summed E-state index contributed by atoms with van der Waals surface area (Å²) in [5.74, 6) is -0.873. The van der Waals surface area contributed by atoms with Crippen molar-refractivity contribution in [2.75, 3.05) is 36.8 Å². The van der Waals surface area contributed by atoms with Gasteiger partial charge < -0.3 is 20.9 Å². The topological polar surface area (TPSA) is 90.5 Å². The zero-order valence-corrected chi connectivity index (χ0v) is 15.7. The molecular formula is C19H28N4O3. The van der Waals surface area contributed by atoms with Crippen molar-refractivity contribution < 1.29 is 14.4 Å². The molecule has 0 spiro atoms. The molecule has 1 aliphatic rings. The summed E-state index contributed by atoms with van der Waals surface area (Å²) in [7, 11) is 0. The van der Waals surface area contributed by atoms with Crippen molar-refractivity contribution in [3.05, 3.63) is 23.8 Å². The maximum atomic E-state index is 12.1. The number of piperidine rings is 1. The minimum Gasteiger partial charge on any atom is -0.347 e. The highest BCUT2D eigenvalue weighted by Crippen LogP contribution is 2.23. The quantitative estimate of drug-likeness (QED) is 0.698. The molecule has 1 unspecified atom stereocenters. The van der Waals surface area contributed by atoms with Gasteiger partial charge in [0.15, 0.2) is 0 Å². The van der Waals surface area contributed by atoms with Crippen molar-refractivity contribution in [1.82, 2.24) is 10.2 Å². The van der Waals surface area contributed by atoms with Gasteiger partial charge in [0.2, 0.25) is 5.91 Å². The van der Waals surface area contributed by atoms with Crippen LogP contribution in [0.15, 0.2) is 18.2 Å². The van der Waals surface area contributed by atoms with Crippen molar-refractivity contribution >= 4 is 29.1 Å². The molecule has 1 aromatic carbocycles. The second-order valence-corrected chi connectivity index (χ2v) is 6.92. The summed E-state index contributed by atoms with van der Waals surface area (Å²) in [5.41, 5.74) is 1.81. The van der Waals surface area contributed by atoms with Gasteiger partial charge in [0, 0.05) is 37.9 Å². The first-order chi connectivity index (χ1) is 12.4. The van der Waals surface area contributed by atoms with Gasteiger partial charge in [0.25, 0.3) is 0 Å². The van der Waals surface area contributed by atoms with E-state index >= 15 is 0 Å². The maximum absolute atomic E-state index is 12.1. The molecule has 0 radical (unpaired) electrons. The van der Waals surface area contributed by atoms with Crippen LogP contribution in [0.2, 0.25) is 0 Å². The minimum atomic E-state index is -0.708. The first kappa shape index (κ1) is 19.9. The predicted octanol–water partition coefficient (Wildman–Crippen LogP) is 1.74. The van der Waals surface area contributed by atoms with Crippen LogP contribution in [0.4, 0.5) is 11.4 Å². The van der Waals surface area contributed by atoms with Gasteiger partial charge in [-0.3, -0.25) is 14.4 Å². The smallest absolute Gasteiger partial charge is 0.313 e. The van der Waals surface area contributed by atoms with E-state index in [1.165, 1.54) is 19.8 Å². The van der Waals surface area contributed by atoms with Crippen molar-refractivity contribution in [2.45, 2.75) is 33.6 Å². The third-order valence-corrected chi connectivity index (χ3v) is 4.55. The van der Waals surface area contributed by atoms with Gasteiger partial charge in [-0.15, -0.1) is 0 Å². The summed E-state index contributed by atoms with van der Waals surface area (Å²) in [6.07, 6.45) is 2.43. The molecule has 0 bridgehead atoms. The van der Waals surface area contributed by atoms with Crippen molar-refractivity contribution in [3.8, 4) is 0 Å². The van der Waals surface area contributed by atoms with Gasteiger partial charge >= 0.3 is 11.8 Å². The summed E-state index contributed by atoms with van der Waals surface area (Å²) < 4.78 is 0. The standard InChI is InChI=1S/C19H28N4O3/c1-13-6-5-10-23(12-13)11-9-20-18(25)19(26)22-17-8-4-7-16(14(17)2)21-15(3)24/h4,7-8,13H,5-6,9-12H2,1-3H3,(H,20,25)(H,21,24)(H,22,26). The molecule has 1 fully saturated rings. The highest BCUT2D eigenvalue weighted by Gasteiger charge is 2.18. The Labute approximate surface area is 154 Å². The summed E-state index contributed by atoms with van der Waals surface area (Å²) in [6.45, 7) is 8.70. The lowest BCUT2D eigenvalue weighted by Crippen LogP contribution is -2.42. The average Bonchev–Trinajstić information content (AvgIpc) is 2.58. The van der Waals surface area contributed by atoms with E-state index in [9.17, 15) is 14.4 Å². The molecule has 1 saturated heterocycles. The van der Waals surface area contributed by atoms with Crippen LogP contribution in [-0.4, -0.2) is 48.8 Å². The van der Waals surface area contributed by atoms with E-state index in [4.69, 9.17) is 0 Å². The van der Waals surface area contributed by atoms with Crippen LogP contribution in [0, 0.1) is 12.8 Å². The number of rotatable bonds is 5. The van der Waals surface area contributed by atoms with Crippen molar-refractivity contribution in [3.63, 3.8) is 0 Å². The number of benzene rings is 1. The number of carbonyl (C=O) groups is 3. The largest absolute Gasteiger partial charge is 0.347 e. The summed E-state index contributed by atoms with van der Waals surface area (Å²) in [6, 6.07) is 5.15. The number of carbonyl (C=O) groups excluding carboxylic acids is 3. The van der Waals surface area contributed by atoms with Gasteiger partial charge in [-0.2, -0.15) is 0 Å². The molecule has 2 rings (SSSR count). The first-order valence-corrected chi connectivity index (χ1v) is 9.05. The number of hydrogen-bond donors (Lipinski definition) is 3. The van der Waals surface area contributed by atoms with Crippen LogP contribution in [0.3, 0.4) is 0 Å². The Balaban J connectivity index is 1.83. The highest BCUT2D eigenvalue weighted by molar-refractivity contribution is 6.39. The molecule has 1 heterocycles. The number of anilines is 2. The van der Waals surface area contributed by atoms with Gasteiger partial charge in [-0.05, 0) is 49.9 Å². The van der Waals surface area contributed by atoms with E-state index in [-0.39, 0.29) is 5.91 Å². The van der Waals surface area contributed by atoms with Crippen molar-refractivity contribution in [2.24, 2.45) is 5.92 Å². The fourth-order valence-electron chi connectivity index (χ4n) is 3.17. The van der Waals surface area contributed by atoms with E-state index in [1.54, 1.807) is 25.1 Å². The molecule has 0 saturated carbocycles. The van der Waals surface area contributed by atoms with Gasteiger partial charge in [-0.1, -0.05) is 13.0 Å². The zero-order chi connectivity index (χ0) is 19.1. The molecule has 3 amide bonds. The van der Waals surface area contributed by atoms with Gasteiger partial charge in [0.1, 0.15) is 0 Å². The third-order valence-electron chi connectivity index (χ3n) is 4.55. The van der Waals surface area contributed by atoms with E-state index in [0.717, 1.165) is 19.6 Å². The Morgan fingerprint density at radius 3 is 2.50 bits per heavy atom. The monoisotopic (exact) mass is 360 g/mol. The first-order valence-electron chi connectivity index (χ1n) is 9.05. The Morgan fingerprint density at radius 2 is 1.85 bits per heavy atom. The van der Waals surface area contributed by atoms with Crippen LogP contribution < -0.4 is 16.0 Å². The average molecular weight is 360 g/mol. The molecule has 1 atom stereocenters. The third kappa shape index (κ3) is 5.84. The molecular weight excluding hydrogens is 332 g/mol. The van der Waals surface area contributed by atoms with E-state index < -0.39 is 11.8 Å². The van der Waals surface area contributed by atoms with Crippen LogP contribution in [0.25, 0.3) is 0 Å². The Kier molecular flexibility index (Phi) is 7.15. The lowest BCUT2D eigenvalue weighted by molar-refractivity contribution is -0.136. The molecule has 142 valence electrons. The summed E-state index contributed by atoms with van der Waals surface area (Å²) in [5, 5.41) is 7.97. The molecule has 7 heteroatoms. The molecule has 0 aliphatic carbocycles. The highest BCUT2D eigenvalue weighted by atomic mass is 16.2. The zero-order valence-electron chi connectivity index (χ0n) is 15.7. The summed E-state index contributed by atoms with van der Waals surface area (Å²) >= 11 is 0. The Hall–Kier alpha value is -2.41. The lowest BCUT2D eigenvalue weighted by Gasteiger charge is -2.30. The molecule has 7 nitrogen and oxygen atoms in total. The van der Waals surface area contributed by atoms with Crippen LogP contribution in [-0.2, 0) is 14.4 Å². The van der Waals surface area contributed by atoms with Crippen molar-refractivity contribution in [1.29, 1.82) is 0 Å². The SMILES string of the molecule is CC(=O)Nc1cccc(NC(=O)C(=O)NCCN2CCCC(C)C2)c1C. The van der Waals surface area contributed by atoms with E-state index in [1.807, 2.05) is 0 Å². The number of nitrogens with one attached hydrogen (secondary N) is 3. The van der Waals surface area contributed by atoms with Crippen LogP contribution >= 0.6 is 0 Å². The lowest BCUT2D eigenvalue weighted by atomic mass is 10.0. The maximum Gasteiger partial charge on any atom is 0.313 e. The van der Waals surface area contributed by atoms with E-state index in [0.29, 0.717) is 29.4 Å². The second kappa shape index (κ2) is 9.33. The molecule has 26 heavy (non-hydrogen) atoms.